The fourth-order valence-electron chi connectivity index (χ4n) is 3.03. The second kappa shape index (κ2) is 6.08. The lowest BCUT2D eigenvalue weighted by atomic mass is 10.1. The zero-order chi connectivity index (χ0) is 17.4. The first-order valence-corrected chi connectivity index (χ1v) is 8.11. The van der Waals surface area contributed by atoms with Crippen molar-refractivity contribution >= 4 is 17.9 Å². The van der Waals surface area contributed by atoms with E-state index in [1.54, 1.807) is 30.9 Å². The number of hydrogen-bond donors (Lipinski definition) is 1. The maximum atomic E-state index is 12.4. The van der Waals surface area contributed by atoms with E-state index in [0.717, 1.165) is 35.9 Å². The molecule has 0 spiro atoms. The zero-order valence-corrected chi connectivity index (χ0v) is 14.1. The molecule has 2 aromatic heterocycles. The van der Waals surface area contributed by atoms with Gasteiger partial charge in [-0.2, -0.15) is 9.61 Å². The van der Waals surface area contributed by atoms with Gasteiger partial charge in [0.2, 0.25) is 5.78 Å². The van der Waals surface area contributed by atoms with Gasteiger partial charge in [0.05, 0.1) is 25.3 Å². The van der Waals surface area contributed by atoms with Crippen molar-refractivity contribution < 1.29 is 9.47 Å². The third-order valence-corrected chi connectivity index (χ3v) is 4.31. The Bertz CT molecular complexity index is 1130. The van der Waals surface area contributed by atoms with Crippen LogP contribution in [0.2, 0.25) is 0 Å². The van der Waals surface area contributed by atoms with Crippen LogP contribution in [0.1, 0.15) is 24.1 Å². The lowest BCUT2D eigenvalue weighted by Gasteiger charge is -2.07. The summed E-state index contributed by atoms with van der Waals surface area (Å²) < 4.78 is 12.2. The van der Waals surface area contributed by atoms with Crippen molar-refractivity contribution in [1.82, 2.24) is 19.6 Å². The average Bonchev–Trinajstić information content (AvgIpc) is 2.94. The summed E-state index contributed by atoms with van der Waals surface area (Å²) in [4.78, 5) is 19.7. The third kappa shape index (κ3) is 2.67. The summed E-state index contributed by atoms with van der Waals surface area (Å²) in [5, 5.41) is 5.88. The fourth-order valence-corrected chi connectivity index (χ4v) is 3.03. The molecule has 1 aromatic carbocycles. The molecule has 0 radical (unpaired) electrons. The number of fused-ring (bicyclic) bond motifs is 2. The van der Waals surface area contributed by atoms with Crippen LogP contribution in [0.3, 0.4) is 0 Å². The highest BCUT2D eigenvalue weighted by Crippen LogP contribution is 2.24. The minimum absolute atomic E-state index is 0.243. The Hall–Kier alpha value is -3.09. The van der Waals surface area contributed by atoms with Gasteiger partial charge < -0.3 is 9.47 Å². The molecule has 2 heterocycles. The van der Waals surface area contributed by atoms with Gasteiger partial charge in [-0.05, 0) is 43.5 Å². The van der Waals surface area contributed by atoms with Gasteiger partial charge >= 0.3 is 0 Å². The van der Waals surface area contributed by atoms with Crippen LogP contribution in [0.25, 0.3) is 17.9 Å². The second-order valence-corrected chi connectivity index (χ2v) is 5.87. The van der Waals surface area contributed by atoms with Crippen molar-refractivity contribution in [2.45, 2.75) is 19.3 Å². The molecule has 4 rings (SSSR count). The molecule has 0 amide bonds. The van der Waals surface area contributed by atoms with Gasteiger partial charge in [0.15, 0.2) is 0 Å². The highest BCUT2D eigenvalue weighted by molar-refractivity contribution is 5.59. The van der Waals surface area contributed by atoms with Crippen molar-refractivity contribution in [2.24, 2.45) is 0 Å². The molecule has 1 N–H and O–H groups in total. The maximum absolute atomic E-state index is 12.4. The molecule has 128 valence electrons. The number of aromatic nitrogens is 4. The Morgan fingerprint density at radius 3 is 2.96 bits per heavy atom. The van der Waals surface area contributed by atoms with Gasteiger partial charge in [-0.3, -0.25) is 9.78 Å². The van der Waals surface area contributed by atoms with Crippen LogP contribution < -0.4 is 25.7 Å². The number of rotatable bonds is 3. The number of hydrogen-bond acceptors (Lipinski definition) is 5. The summed E-state index contributed by atoms with van der Waals surface area (Å²) >= 11 is 0. The highest BCUT2D eigenvalue weighted by atomic mass is 16.5. The molecule has 0 aliphatic heterocycles. The monoisotopic (exact) mass is 338 g/mol. The predicted molar refractivity (Wildman–Crippen MR) is 93.4 cm³/mol. The number of imidazole rings is 1. The molecular formula is C18H18N4O3. The lowest BCUT2D eigenvalue weighted by Crippen LogP contribution is -2.30. The summed E-state index contributed by atoms with van der Waals surface area (Å²) in [6.45, 7) is 0. The summed E-state index contributed by atoms with van der Waals surface area (Å²) in [6.07, 6.45) is 6.70. The Labute approximate surface area is 143 Å². The largest absolute Gasteiger partial charge is 0.497 e. The van der Waals surface area contributed by atoms with Crippen LogP contribution in [0, 0.1) is 0 Å². The number of H-pyrrole nitrogens is 1. The zero-order valence-electron chi connectivity index (χ0n) is 14.1. The Morgan fingerprint density at radius 2 is 2.16 bits per heavy atom. The molecule has 0 atom stereocenters. The second-order valence-electron chi connectivity index (χ2n) is 5.87. The molecule has 0 saturated heterocycles. The van der Waals surface area contributed by atoms with E-state index in [-0.39, 0.29) is 5.56 Å². The van der Waals surface area contributed by atoms with Crippen LogP contribution in [0.5, 0.6) is 11.5 Å². The molecule has 25 heavy (non-hydrogen) atoms. The Morgan fingerprint density at radius 1 is 1.28 bits per heavy atom. The number of aromatic amines is 1. The summed E-state index contributed by atoms with van der Waals surface area (Å²) in [6, 6.07) is 5.43. The van der Waals surface area contributed by atoms with Crippen molar-refractivity contribution in [3.8, 4) is 11.5 Å². The van der Waals surface area contributed by atoms with Crippen LogP contribution in [-0.2, 0) is 6.42 Å². The van der Waals surface area contributed by atoms with E-state index in [4.69, 9.17) is 9.47 Å². The third-order valence-electron chi connectivity index (χ3n) is 4.31. The molecule has 0 saturated carbocycles. The molecule has 3 aromatic rings. The lowest BCUT2D eigenvalue weighted by molar-refractivity contribution is 0.402. The van der Waals surface area contributed by atoms with Gasteiger partial charge in [-0.25, -0.2) is 4.98 Å². The van der Waals surface area contributed by atoms with Gasteiger partial charge in [0, 0.05) is 5.56 Å². The summed E-state index contributed by atoms with van der Waals surface area (Å²) in [5.74, 6) is 1.77. The van der Waals surface area contributed by atoms with Gasteiger partial charge in [-0.1, -0.05) is 6.08 Å². The first-order valence-electron chi connectivity index (χ1n) is 8.11. The fraction of sp³-hybridized carbons (Fsp3) is 0.278. The molecule has 0 fully saturated rings. The first kappa shape index (κ1) is 15.4. The normalized spacial score (nSPS) is 14.2. The van der Waals surface area contributed by atoms with E-state index >= 15 is 0 Å². The Balaban J connectivity index is 2.00. The van der Waals surface area contributed by atoms with Crippen molar-refractivity contribution in [3.05, 3.63) is 50.5 Å². The van der Waals surface area contributed by atoms with E-state index in [0.29, 0.717) is 22.6 Å². The number of nitrogens with one attached hydrogen (secondary N) is 1. The molecular weight excluding hydrogens is 320 g/mol. The molecule has 7 heteroatoms. The van der Waals surface area contributed by atoms with Crippen LogP contribution in [0.4, 0.5) is 0 Å². The SMILES string of the molecule is COc1ccc(OC)c(/C=c2\c(=O)[nH]c3nc4c(nn23)CCCC=4)c1. The van der Waals surface area contributed by atoms with Crippen LogP contribution >= 0.6 is 0 Å². The van der Waals surface area contributed by atoms with Crippen molar-refractivity contribution in [2.75, 3.05) is 14.2 Å². The first-order chi connectivity index (χ1) is 12.2. The molecule has 1 aliphatic carbocycles. The minimum atomic E-state index is -0.243. The maximum Gasteiger partial charge on any atom is 0.276 e. The predicted octanol–water partition coefficient (Wildman–Crippen LogP) is 0.380. The quantitative estimate of drug-likeness (QED) is 0.747. The smallest absolute Gasteiger partial charge is 0.276 e. The van der Waals surface area contributed by atoms with Gasteiger partial charge in [0.1, 0.15) is 16.8 Å². The van der Waals surface area contributed by atoms with Crippen LogP contribution in [0.15, 0.2) is 23.0 Å². The Kier molecular flexibility index (Phi) is 3.76. The van der Waals surface area contributed by atoms with E-state index in [2.05, 4.69) is 21.1 Å². The number of ether oxygens (including phenoxy) is 2. The minimum Gasteiger partial charge on any atom is -0.497 e. The van der Waals surface area contributed by atoms with Gasteiger partial charge in [0.25, 0.3) is 5.56 Å². The van der Waals surface area contributed by atoms with E-state index in [9.17, 15) is 4.79 Å². The summed E-state index contributed by atoms with van der Waals surface area (Å²) in [7, 11) is 3.19. The molecule has 0 bridgehead atoms. The highest BCUT2D eigenvalue weighted by Gasteiger charge is 2.11. The van der Waals surface area contributed by atoms with E-state index in [1.165, 1.54) is 0 Å². The number of aryl methyl sites for hydroxylation is 1. The topological polar surface area (TPSA) is 81.5 Å². The van der Waals surface area contributed by atoms with Gasteiger partial charge in [-0.15, -0.1) is 0 Å². The van der Waals surface area contributed by atoms with E-state index in [1.807, 2.05) is 12.1 Å². The number of benzene rings is 1. The van der Waals surface area contributed by atoms with Crippen molar-refractivity contribution in [1.29, 1.82) is 0 Å². The number of methoxy groups -OCH3 is 2. The summed E-state index contributed by atoms with van der Waals surface area (Å²) in [5.41, 5.74) is 1.40. The van der Waals surface area contributed by atoms with Crippen molar-refractivity contribution in [3.63, 3.8) is 0 Å². The standard InChI is InChI=1S/C18H18N4O3/c1-24-12-7-8-16(25-2)11(9-12)10-15-17(23)20-18-19-13-5-3-4-6-14(13)21-22(15)18/h5,7-10H,3-4,6H2,1-2H3,(H,19,20,23)/b15-10+. The van der Waals surface area contributed by atoms with Crippen LogP contribution in [-0.4, -0.2) is 33.8 Å². The van der Waals surface area contributed by atoms with E-state index < -0.39 is 0 Å². The number of nitrogens with zero attached hydrogens (tertiary/aromatic N) is 3. The molecule has 7 nitrogen and oxygen atoms in total. The average molecular weight is 338 g/mol. The molecule has 1 aliphatic rings. The molecule has 0 unspecified atom stereocenters.